The molecule has 0 saturated heterocycles. The van der Waals surface area contributed by atoms with Crippen LogP contribution in [0.5, 0.6) is 0 Å². The molecule has 1 heterocycles. The van der Waals surface area contributed by atoms with Crippen molar-refractivity contribution in [2.45, 2.75) is 29.5 Å². The number of halogens is 2. The van der Waals surface area contributed by atoms with Crippen molar-refractivity contribution in [3.63, 3.8) is 0 Å². The Labute approximate surface area is 147 Å². The van der Waals surface area contributed by atoms with Crippen LogP contribution in [-0.2, 0) is 14.6 Å². The van der Waals surface area contributed by atoms with Crippen LogP contribution in [0.3, 0.4) is 0 Å². The number of aromatic nitrogens is 1. The molecule has 1 aromatic heterocycles. The van der Waals surface area contributed by atoms with Crippen LogP contribution < -0.4 is 0 Å². The second-order valence-electron chi connectivity index (χ2n) is 5.14. The summed E-state index contributed by atoms with van der Waals surface area (Å²) >= 11 is 0.701. The highest BCUT2D eigenvalue weighted by Crippen LogP contribution is 2.28. The van der Waals surface area contributed by atoms with Gasteiger partial charge in [-0.3, -0.25) is 0 Å². The quantitative estimate of drug-likeness (QED) is 0.701. The molecule has 5 nitrogen and oxygen atoms in total. The smallest absolute Gasteiger partial charge is 0.350 e. The Morgan fingerprint density at radius 2 is 1.88 bits per heavy atom. The first-order valence-electron chi connectivity index (χ1n) is 7.19. The minimum absolute atomic E-state index is 0.0388. The van der Waals surface area contributed by atoms with Crippen molar-refractivity contribution in [1.82, 2.24) is 4.98 Å². The van der Waals surface area contributed by atoms with Crippen molar-refractivity contribution < 1.29 is 26.7 Å². The normalized spacial score (nSPS) is 11.2. The second-order valence-corrected chi connectivity index (χ2v) is 8.26. The highest BCUT2D eigenvalue weighted by atomic mass is 32.2. The molecule has 0 radical (unpaired) electrons. The first-order chi connectivity index (χ1) is 11.7. The van der Waals surface area contributed by atoms with Gasteiger partial charge in [-0.25, -0.2) is 18.2 Å². The van der Waals surface area contributed by atoms with E-state index in [9.17, 15) is 22.0 Å². The number of benzene rings is 1. The Kier molecular flexibility index (Phi) is 6.02. The van der Waals surface area contributed by atoms with Gasteiger partial charge in [0.05, 0.1) is 17.2 Å². The Bertz CT molecular complexity index is 901. The molecule has 2 aromatic rings. The zero-order valence-corrected chi connectivity index (χ0v) is 15.1. The first kappa shape index (κ1) is 19.2. The van der Waals surface area contributed by atoms with Gasteiger partial charge in [0.25, 0.3) is 6.08 Å². The molecule has 0 aliphatic heterocycles. The molecular weight excluding hydrogens is 372 g/mol. The maximum Gasteiger partial charge on any atom is 0.350 e. The van der Waals surface area contributed by atoms with Gasteiger partial charge in [-0.05, 0) is 31.6 Å². The van der Waals surface area contributed by atoms with E-state index in [1.54, 1.807) is 18.2 Å². The first-order valence-corrected chi connectivity index (χ1v) is 9.49. The SMILES string of the molecule is CC(CCOC(=O)c1sc(S(=O)(=O)c2ccccc2)nc1C)=C(F)F. The van der Waals surface area contributed by atoms with Crippen LogP contribution in [0.15, 0.2) is 51.2 Å². The molecule has 0 fully saturated rings. The molecule has 2 rings (SSSR count). The van der Waals surface area contributed by atoms with E-state index in [1.165, 1.54) is 26.0 Å². The van der Waals surface area contributed by atoms with Gasteiger partial charge in [-0.15, -0.1) is 0 Å². The number of carbonyl (C=O) groups is 1. The standard InChI is InChI=1S/C16H15F2NO4S2/c1-10(14(17)18)8-9-23-15(20)13-11(2)19-16(24-13)25(21,22)12-6-4-3-5-7-12/h3-7H,8-9H2,1-2H3. The molecule has 0 saturated carbocycles. The summed E-state index contributed by atoms with van der Waals surface area (Å²) in [5.41, 5.74) is 0.0506. The maximum atomic E-state index is 12.5. The highest BCUT2D eigenvalue weighted by Gasteiger charge is 2.26. The van der Waals surface area contributed by atoms with Crippen LogP contribution in [0.2, 0.25) is 0 Å². The van der Waals surface area contributed by atoms with Gasteiger partial charge in [0.1, 0.15) is 4.88 Å². The summed E-state index contributed by atoms with van der Waals surface area (Å²) in [6.45, 7) is 2.51. The van der Waals surface area contributed by atoms with Crippen molar-refractivity contribution in [2.24, 2.45) is 0 Å². The van der Waals surface area contributed by atoms with Gasteiger partial charge in [-0.1, -0.05) is 29.5 Å². The van der Waals surface area contributed by atoms with Crippen LogP contribution in [-0.4, -0.2) is 26.0 Å². The van der Waals surface area contributed by atoms with E-state index >= 15 is 0 Å². The van der Waals surface area contributed by atoms with Crippen molar-refractivity contribution in [1.29, 1.82) is 0 Å². The predicted molar refractivity (Wildman–Crippen MR) is 88.6 cm³/mol. The van der Waals surface area contributed by atoms with Crippen molar-refractivity contribution >= 4 is 27.1 Å². The molecular formula is C16H15F2NO4S2. The van der Waals surface area contributed by atoms with E-state index in [0.29, 0.717) is 11.3 Å². The predicted octanol–water partition coefficient (Wildman–Crippen LogP) is 4.00. The lowest BCUT2D eigenvalue weighted by atomic mass is 10.2. The van der Waals surface area contributed by atoms with E-state index in [0.717, 1.165) is 0 Å². The third-order valence-electron chi connectivity index (χ3n) is 3.28. The average molecular weight is 387 g/mol. The van der Waals surface area contributed by atoms with Crippen LogP contribution in [0.1, 0.15) is 28.7 Å². The van der Waals surface area contributed by atoms with E-state index < -0.39 is 21.9 Å². The summed E-state index contributed by atoms with van der Waals surface area (Å²) < 4.78 is 54.3. The van der Waals surface area contributed by atoms with Gasteiger partial charge in [-0.2, -0.15) is 8.78 Å². The van der Waals surface area contributed by atoms with Crippen molar-refractivity contribution in [3.05, 3.63) is 52.6 Å². The summed E-state index contributed by atoms with van der Waals surface area (Å²) in [4.78, 5) is 16.1. The molecule has 0 atom stereocenters. The fourth-order valence-corrected chi connectivity index (χ4v) is 4.48. The summed E-state index contributed by atoms with van der Waals surface area (Å²) in [6.07, 6.45) is -1.90. The third kappa shape index (κ3) is 4.49. The molecule has 0 aliphatic carbocycles. The maximum absolute atomic E-state index is 12.5. The minimum atomic E-state index is -3.83. The largest absolute Gasteiger partial charge is 0.461 e. The van der Waals surface area contributed by atoms with Crippen LogP contribution in [0.4, 0.5) is 8.78 Å². The number of sulfone groups is 1. The number of carbonyl (C=O) groups excluding carboxylic acids is 1. The van der Waals surface area contributed by atoms with Gasteiger partial charge >= 0.3 is 5.97 Å². The number of aryl methyl sites for hydroxylation is 1. The van der Waals surface area contributed by atoms with Gasteiger partial charge in [0.15, 0.2) is 0 Å². The molecule has 9 heteroatoms. The van der Waals surface area contributed by atoms with Gasteiger partial charge in [0, 0.05) is 6.42 Å². The van der Waals surface area contributed by atoms with E-state index in [1.807, 2.05) is 0 Å². The molecule has 0 bridgehead atoms. The summed E-state index contributed by atoms with van der Waals surface area (Å²) in [5, 5.41) is 0. The number of thiazole rings is 1. The number of rotatable bonds is 6. The second kappa shape index (κ2) is 7.83. The number of ether oxygens (including phenoxy) is 1. The van der Waals surface area contributed by atoms with E-state index in [2.05, 4.69) is 4.98 Å². The monoisotopic (exact) mass is 387 g/mol. The molecule has 134 valence electrons. The topological polar surface area (TPSA) is 73.3 Å². The van der Waals surface area contributed by atoms with Crippen LogP contribution in [0, 0.1) is 6.92 Å². The lowest BCUT2D eigenvalue weighted by molar-refractivity contribution is 0.0512. The number of hydrogen-bond donors (Lipinski definition) is 0. The Morgan fingerprint density at radius 3 is 2.48 bits per heavy atom. The van der Waals surface area contributed by atoms with Crippen LogP contribution in [0.25, 0.3) is 0 Å². The van der Waals surface area contributed by atoms with Crippen LogP contribution >= 0.6 is 11.3 Å². The molecule has 1 aromatic carbocycles. The summed E-state index contributed by atoms with van der Waals surface area (Å²) in [5.74, 6) is -0.781. The average Bonchev–Trinajstić information content (AvgIpc) is 2.98. The zero-order valence-electron chi connectivity index (χ0n) is 13.5. The number of nitrogens with zero attached hydrogens (tertiary/aromatic N) is 1. The Hall–Kier alpha value is -2.13. The number of esters is 1. The van der Waals surface area contributed by atoms with E-state index in [-0.39, 0.29) is 38.4 Å². The third-order valence-corrected chi connectivity index (χ3v) is 6.56. The summed E-state index contributed by atoms with van der Waals surface area (Å²) in [7, 11) is -3.83. The van der Waals surface area contributed by atoms with Crippen molar-refractivity contribution in [2.75, 3.05) is 6.61 Å². The zero-order chi connectivity index (χ0) is 18.6. The Balaban J connectivity index is 2.17. The van der Waals surface area contributed by atoms with Gasteiger partial charge < -0.3 is 4.74 Å². The lowest BCUT2D eigenvalue weighted by Gasteiger charge is -2.03. The Morgan fingerprint density at radius 1 is 1.24 bits per heavy atom. The van der Waals surface area contributed by atoms with Gasteiger partial charge in [0.2, 0.25) is 14.2 Å². The fourth-order valence-electron chi connectivity index (χ4n) is 1.83. The van der Waals surface area contributed by atoms with E-state index in [4.69, 9.17) is 4.74 Å². The highest BCUT2D eigenvalue weighted by molar-refractivity contribution is 7.93. The molecule has 25 heavy (non-hydrogen) atoms. The molecule has 0 spiro atoms. The number of hydrogen-bond acceptors (Lipinski definition) is 6. The molecule has 0 N–H and O–H groups in total. The fraction of sp³-hybridized carbons (Fsp3) is 0.250. The van der Waals surface area contributed by atoms with Crippen molar-refractivity contribution in [3.8, 4) is 0 Å². The lowest BCUT2D eigenvalue weighted by Crippen LogP contribution is -2.06. The molecule has 0 aliphatic rings. The molecule has 0 amide bonds. The summed E-state index contributed by atoms with van der Waals surface area (Å²) in [6, 6.07) is 7.73. The minimum Gasteiger partial charge on any atom is -0.461 e. The molecule has 0 unspecified atom stereocenters.